The Kier molecular flexibility index (Phi) is 2.29. The molecule has 0 spiro atoms. The maximum atomic E-state index is 5.43. The Hall–Kier alpha value is -1.96. The molecule has 1 aliphatic carbocycles. The van der Waals surface area contributed by atoms with Crippen molar-refractivity contribution >= 4 is 16.8 Å². The fourth-order valence-electron chi connectivity index (χ4n) is 2.47. The maximum absolute atomic E-state index is 5.43. The van der Waals surface area contributed by atoms with Gasteiger partial charge in [0.05, 0.1) is 14.2 Å². The van der Waals surface area contributed by atoms with Crippen molar-refractivity contribution in [1.82, 2.24) is 0 Å². The summed E-state index contributed by atoms with van der Waals surface area (Å²) in [6.45, 7) is 0. The van der Waals surface area contributed by atoms with Crippen molar-refractivity contribution in [3.8, 4) is 5.75 Å². The number of hydrogen-bond acceptors (Lipinski definition) is 2. The first-order chi connectivity index (χ1) is 8.33. The topological polar surface area (TPSA) is 18.5 Å². The second-order valence-electron chi connectivity index (χ2n) is 4.19. The SMILES string of the molecule is COC1=Cc2c(OC)ccc3cccc(c23)C1. The Morgan fingerprint density at radius 3 is 2.65 bits per heavy atom. The molecule has 0 atom stereocenters. The summed E-state index contributed by atoms with van der Waals surface area (Å²) in [5.74, 6) is 1.88. The standard InChI is InChI=1S/C15H14O2/c1-16-12-8-11-5-3-4-10-6-7-14(17-2)13(9-12)15(10)11/h3-7,9H,8H2,1-2H3. The Bertz CT molecular complexity index is 612. The molecule has 0 amide bonds. The number of benzene rings is 2. The summed E-state index contributed by atoms with van der Waals surface area (Å²) >= 11 is 0. The smallest absolute Gasteiger partial charge is 0.126 e. The Balaban J connectivity index is 2.39. The second kappa shape index (κ2) is 3.81. The molecule has 2 nitrogen and oxygen atoms in total. The molecule has 0 N–H and O–H groups in total. The molecule has 17 heavy (non-hydrogen) atoms. The lowest BCUT2D eigenvalue weighted by Gasteiger charge is -2.19. The van der Waals surface area contributed by atoms with Crippen LogP contribution in [0.25, 0.3) is 16.8 Å². The highest BCUT2D eigenvalue weighted by molar-refractivity contribution is 5.97. The van der Waals surface area contributed by atoms with Gasteiger partial charge in [0.1, 0.15) is 11.5 Å². The lowest BCUT2D eigenvalue weighted by molar-refractivity contribution is 0.287. The molecule has 0 aromatic heterocycles. The van der Waals surface area contributed by atoms with Gasteiger partial charge in [-0.2, -0.15) is 0 Å². The second-order valence-corrected chi connectivity index (χ2v) is 4.19. The van der Waals surface area contributed by atoms with Crippen LogP contribution in [0, 0.1) is 0 Å². The van der Waals surface area contributed by atoms with Crippen molar-refractivity contribution < 1.29 is 9.47 Å². The van der Waals surface area contributed by atoms with Crippen LogP contribution in [0.3, 0.4) is 0 Å². The molecule has 2 heteroatoms. The van der Waals surface area contributed by atoms with Crippen LogP contribution in [-0.2, 0) is 11.2 Å². The van der Waals surface area contributed by atoms with Gasteiger partial charge < -0.3 is 9.47 Å². The predicted octanol–water partition coefficient (Wildman–Crippen LogP) is 3.39. The molecule has 0 unspecified atom stereocenters. The molecule has 0 aliphatic heterocycles. The zero-order chi connectivity index (χ0) is 11.8. The van der Waals surface area contributed by atoms with Crippen molar-refractivity contribution in [3.63, 3.8) is 0 Å². The molecule has 0 radical (unpaired) electrons. The van der Waals surface area contributed by atoms with Crippen LogP contribution in [0.15, 0.2) is 36.1 Å². The zero-order valence-corrected chi connectivity index (χ0v) is 9.99. The zero-order valence-electron chi connectivity index (χ0n) is 9.99. The van der Waals surface area contributed by atoms with E-state index >= 15 is 0 Å². The van der Waals surface area contributed by atoms with Gasteiger partial charge >= 0.3 is 0 Å². The molecule has 0 heterocycles. The van der Waals surface area contributed by atoms with E-state index in [0.29, 0.717) is 0 Å². The maximum Gasteiger partial charge on any atom is 0.126 e. The van der Waals surface area contributed by atoms with Gasteiger partial charge in [-0.3, -0.25) is 0 Å². The minimum absolute atomic E-state index is 0.855. The largest absolute Gasteiger partial charge is 0.501 e. The fraction of sp³-hybridized carbons (Fsp3) is 0.200. The van der Waals surface area contributed by atoms with Gasteiger partial charge in [0.25, 0.3) is 0 Å². The molecule has 0 fully saturated rings. The van der Waals surface area contributed by atoms with Gasteiger partial charge in [0.15, 0.2) is 0 Å². The Morgan fingerprint density at radius 1 is 1.00 bits per heavy atom. The molecule has 2 aromatic rings. The lowest BCUT2D eigenvalue weighted by Crippen LogP contribution is -2.02. The van der Waals surface area contributed by atoms with Gasteiger partial charge in [0, 0.05) is 12.0 Å². The van der Waals surface area contributed by atoms with Gasteiger partial charge in [-0.1, -0.05) is 24.3 Å². The van der Waals surface area contributed by atoms with E-state index in [0.717, 1.165) is 23.5 Å². The summed E-state index contributed by atoms with van der Waals surface area (Å²) < 4.78 is 10.8. The first-order valence-corrected chi connectivity index (χ1v) is 5.66. The van der Waals surface area contributed by atoms with Crippen LogP contribution in [0.4, 0.5) is 0 Å². The summed E-state index contributed by atoms with van der Waals surface area (Å²) in [5, 5.41) is 2.54. The summed E-state index contributed by atoms with van der Waals surface area (Å²) in [5.41, 5.74) is 2.43. The quantitative estimate of drug-likeness (QED) is 0.781. The average Bonchev–Trinajstić information content (AvgIpc) is 2.39. The Morgan fingerprint density at radius 2 is 1.88 bits per heavy atom. The van der Waals surface area contributed by atoms with E-state index in [-0.39, 0.29) is 0 Å². The van der Waals surface area contributed by atoms with Gasteiger partial charge in [0.2, 0.25) is 0 Å². The van der Waals surface area contributed by atoms with E-state index in [1.165, 1.54) is 16.3 Å². The molecule has 3 rings (SSSR count). The molecule has 1 aliphatic rings. The summed E-state index contributed by atoms with van der Waals surface area (Å²) in [6.07, 6.45) is 2.93. The molecule has 0 bridgehead atoms. The third kappa shape index (κ3) is 1.48. The minimum atomic E-state index is 0.855. The van der Waals surface area contributed by atoms with E-state index in [4.69, 9.17) is 9.47 Å². The fourth-order valence-corrected chi connectivity index (χ4v) is 2.47. The van der Waals surface area contributed by atoms with Crippen LogP contribution < -0.4 is 4.74 Å². The van der Waals surface area contributed by atoms with Gasteiger partial charge in [-0.15, -0.1) is 0 Å². The van der Waals surface area contributed by atoms with Crippen LogP contribution in [-0.4, -0.2) is 14.2 Å². The predicted molar refractivity (Wildman–Crippen MR) is 69.2 cm³/mol. The third-order valence-electron chi connectivity index (χ3n) is 3.28. The van der Waals surface area contributed by atoms with E-state index in [2.05, 4.69) is 30.3 Å². The highest BCUT2D eigenvalue weighted by Crippen LogP contribution is 2.36. The molecule has 2 aromatic carbocycles. The van der Waals surface area contributed by atoms with Gasteiger partial charge in [-0.25, -0.2) is 0 Å². The van der Waals surface area contributed by atoms with E-state index < -0.39 is 0 Å². The average molecular weight is 226 g/mol. The number of allylic oxidation sites excluding steroid dienone is 1. The lowest BCUT2D eigenvalue weighted by atomic mass is 9.91. The van der Waals surface area contributed by atoms with Crippen LogP contribution in [0.5, 0.6) is 5.75 Å². The van der Waals surface area contributed by atoms with Crippen molar-refractivity contribution in [1.29, 1.82) is 0 Å². The van der Waals surface area contributed by atoms with Gasteiger partial charge in [-0.05, 0) is 28.5 Å². The van der Waals surface area contributed by atoms with Crippen LogP contribution >= 0.6 is 0 Å². The number of ether oxygens (including phenoxy) is 2. The molecular weight excluding hydrogens is 212 g/mol. The van der Waals surface area contributed by atoms with E-state index in [1.54, 1.807) is 14.2 Å². The summed E-state index contributed by atoms with van der Waals surface area (Å²) in [7, 11) is 3.42. The highest BCUT2D eigenvalue weighted by atomic mass is 16.5. The third-order valence-corrected chi connectivity index (χ3v) is 3.28. The number of rotatable bonds is 2. The van der Waals surface area contributed by atoms with Crippen molar-refractivity contribution in [3.05, 3.63) is 47.2 Å². The molecular formula is C15H14O2. The molecule has 0 saturated heterocycles. The minimum Gasteiger partial charge on any atom is -0.501 e. The first-order valence-electron chi connectivity index (χ1n) is 5.66. The number of hydrogen-bond donors (Lipinski definition) is 0. The molecule has 0 saturated carbocycles. The first kappa shape index (κ1) is 10.2. The normalized spacial score (nSPS) is 13.4. The van der Waals surface area contributed by atoms with E-state index in [1.807, 2.05) is 6.07 Å². The molecule has 86 valence electrons. The monoisotopic (exact) mass is 226 g/mol. The van der Waals surface area contributed by atoms with E-state index in [9.17, 15) is 0 Å². The van der Waals surface area contributed by atoms with Crippen molar-refractivity contribution in [2.75, 3.05) is 14.2 Å². The van der Waals surface area contributed by atoms with Crippen molar-refractivity contribution in [2.24, 2.45) is 0 Å². The Labute approximate surface area is 100 Å². The summed E-state index contributed by atoms with van der Waals surface area (Å²) in [6, 6.07) is 10.5. The van der Waals surface area contributed by atoms with Crippen LogP contribution in [0.1, 0.15) is 11.1 Å². The van der Waals surface area contributed by atoms with Crippen LogP contribution in [0.2, 0.25) is 0 Å². The number of methoxy groups -OCH3 is 2. The summed E-state index contributed by atoms with van der Waals surface area (Å²) in [4.78, 5) is 0. The van der Waals surface area contributed by atoms with Crippen molar-refractivity contribution in [2.45, 2.75) is 6.42 Å². The highest BCUT2D eigenvalue weighted by Gasteiger charge is 2.16.